The van der Waals surface area contributed by atoms with Gasteiger partial charge in [0.15, 0.2) is 0 Å². The van der Waals surface area contributed by atoms with Gasteiger partial charge in [0.2, 0.25) is 0 Å². The largest absolute Gasteiger partial charge is 0.388 e. The first-order valence-electron chi connectivity index (χ1n) is 5.25. The molecule has 0 spiro atoms. The van der Waals surface area contributed by atoms with Crippen molar-refractivity contribution in [3.63, 3.8) is 0 Å². The molecule has 0 amide bonds. The van der Waals surface area contributed by atoms with E-state index in [0.29, 0.717) is 19.0 Å². The number of hydrogen-bond donors (Lipinski definition) is 2. The first kappa shape index (κ1) is 11.4. The van der Waals surface area contributed by atoms with Gasteiger partial charge in [0.1, 0.15) is 0 Å². The summed E-state index contributed by atoms with van der Waals surface area (Å²) >= 11 is 7.39. The fourth-order valence-electron chi connectivity index (χ4n) is 1.54. The molecular weight excluding hydrogens is 230 g/mol. The number of rotatable bonds is 5. The van der Waals surface area contributed by atoms with Gasteiger partial charge in [-0.25, -0.2) is 0 Å². The smallest absolute Gasteiger partial charge is 0.0931 e. The lowest BCUT2D eigenvalue weighted by Gasteiger charge is -2.23. The molecule has 0 aromatic carbocycles. The fourth-order valence-corrected chi connectivity index (χ4v) is 2.80. The molecular formula is C11H16ClNOS. The van der Waals surface area contributed by atoms with Crippen molar-refractivity contribution in [2.24, 2.45) is 0 Å². The number of halogens is 1. The van der Waals surface area contributed by atoms with E-state index in [9.17, 15) is 5.11 Å². The van der Waals surface area contributed by atoms with Gasteiger partial charge in [-0.3, -0.25) is 0 Å². The zero-order valence-electron chi connectivity index (χ0n) is 8.79. The Kier molecular flexibility index (Phi) is 3.36. The minimum Gasteiger partial charge on any atom is -0.388 e. The van der Waals surface area contributed by atoms with Gasteiger partial charge in [-0.1, -0.05) is 11.6 Å². The van der Waals surface area contributed by atoms with E-state index in [1.54, 1.807) is 11.3 Å². The van der Waals surface area contributed by atoms with Crippen LogP contribution in [0.3, 0.4) is 0 Å². The molecule has 0 bridgehead atoms. The normalized spacial score (nSPS) is 20.2. The second-order valence-corrected chi connectivity index (χ2v) is 6.33. The van der Waals surface area contributed by atoms with E-state index in [1.165, 1.54) is 12.8 Å². The molecule has 1 heterocycles. The molecule has 1 aliphatic carbocycles. The van der Waals surface area contributed by atoms with Crippen molar-refractivity contribution in [2.45, 2.75) is 37.8 Å². The summed E-state index contributed by atoms with van der Waals surface area (Å²) in [6.07, 6.45) is 3.17. The van der Waals surface area contributed by atoms with Crippen molar-refractivity contribution >= 4 is 22.9 Å². The summed E-state index contributed by atoms with van der Waals surface area (Å²) in [5.41, 5.74) is -0.670. The quantitative estimate of drug-likeness (QED) is 0.835. The number of hydrogen-bond acceptors (Lipinski definition) is 3. The maximum Gasteiger partial charge on any atom is 0.0931 e. The molecule has 0 aliphatic heterocycles. The van der Waals surface area contributed by atoms with Crippen molar-refractivity contribution < 1.29 is 5.11 Å². The summed E-state index contributed by atoms with van der Waals surface area (Å²) in [5, 5.41) is 13.5. The highest BCUT2D eigenvalue weighted by Gasteiger charge is 2.27. The Labute approximate surface area is 99.3 Å². The monoisotopic (exact) mass is 245 g/mol. The van der Waals surface area contributed by atoms with Gasteiger partial charge in [0.25, 0.3) is 0 Å². The van der Waals surface area contributed by atoms with Crippen LogP contribution in [-0.4, -0.2) is 23.3 Å². The van der Waals surface area contributed by atoms with E-state index < -0.39 is 5.60 Å². The Balaban J connectivity index is 1.84. The zero-order valence-corrected chi connectivity index (χ0v) is 10.4. The van der Waals surface area contributed by atoms with Gasteiger partial charge in [-0.2, -0.15) is 0 Å². The van der Waals surface area contributed by atoms with Crippen LogP contribution >= 0.6 is 22.9 Å². The lowest BCUT2D eigenvalue weighted by molar-refractivity contribution is 0.0605. The van der Waals surface area contributed by atoms with E-state index in [0.717, 1.165) is 9.21 Å². The molecule has 1 aromatic heterocycles. The summed E-state index contributed by atoms with van der Waals surface area (Å²) in [5.74, 6) is 0. The van der Waals surface area contributed by atoms with Gasteiger partial charge in [0.05, 0.1) is 9.94 Å². The van der Waals surface area contributed by atoms with Crippen molar-refractivity contribution in [1.82, 2.24) is 5.32 Å². The van der Waals surface area contributed by atoms with Crippen molar-refractivity contribution in [3.8, 4) is 0 Å². The Morgan fingerprint density at radius 1 is 1.60 bits per heavy atom. The molecule has 2 rings (SSSR count). The Bertz CT molecular complexity index is 333. The second-order valence-electron chi connectivity index (χ2n) is 4.53. The SMILES string of the molecule is CC(O)(CNC1CC1)Cc1ccc(Cl)s1. The van der Waals surface area contributed by atoms with Gasteiger partial charge < -0.3 is 10.4 Å². The van der Waals surface area contributed by atoms with Crippen LogP contribution < -0.4 is 5.32 Å². The molecule has 1 atom stereocenters. The Hall–Kier alpha value is -0.0900. The van der Waals surface area contributed by atoms with Crippen molar-refractivity contribution in [2.75, 3.05) is 6.54 Å². The zero-order chi connectivity index (χ0) is 10.9. The van der Waals surface area contributed by atoms with Crippen LogP contribution in [0, 0.1) is 0 Å². The highest BCUT2D eigenvalue weighted by Crippen LogP contribution is 2.26. The molecule has 0 saturated heterocycles. The third-order valence-corrected chi connectivity index (χ3v) is 3.76. The van der Waals surface area contributed by atoms with E-state index in [2.05, 4.69) is 5.32 Å². The standard InChI is InChI=1S/C11H16ClNOS/c1-11(14,7-13-8-2-3-8)6-9-4-5-10(12)15-9/h4-5,8,13-14H,2-3,6-7H2,1H3. The molecule has 2 nitrogen and oxygen atoms in total. The minimum absolute atomic E-state index is 0.642. The molecule has 1 fully saturated rings. The summed E-state index contributed by atoms with van der Waals surface area (Å²) < 4.78 is 0.788. The predicted octanol–water partition coefficient (Wildman–Crippen LogP) is 2.45. The summed E-state index contributed by atoms with van der Waals surface area (Å²) in [7, 11) is 0. The summed E-state index contributed by atoms with van der Waals surface area (Å²) in [6, 6.07) is 4.51. The molecule has 1 aliphatic rings. The highest BCUT2D eigenvalue weighted by molar-refractivity contribution is 7.16. The van der Waals surface area contributed by atoms with E-state index in [4.69, 9.17) is 11.6 Å². The average Bonchev–Trinajstić information content (AvgIpc) is 2.88. The average molecular weight is 246 g/mol. The minimum atomic E-state index is -0.670. The maximum atomic E-state index is 10.2. The summed E-state index contributed by atoms with van der Waals surface area (Å²) in [4.78, 5) is 1.14. The third kappa shape index (κ3) is 3.76. The maximum absolute atomic E-state index is 10.2. The van der Waals surface area contributed by atoms with Crippen LogP contribution in [0.15, 0.2) is 12.1 Å². The first-order chi connectivity index (χ1) is 7.05. The number of nitrogens with one attached hydrogen (secondary N) is 1. The molecule has 84 valence electrons. The topological polar surface area (TPSA) is 32.3 Å². The summed E-state index contributed by atoms with van der Waals surface area (Å²) in [6.45, 7) is 2.53. The molecule has 0 radical (unpaired) electrons. The van der Waals surface area contributed by atoms with Crippen LogP contribution in [0.5, 0.6) is 0 Å². The van der Waals surface area contributed by atoms with Crippen LogP contribution in [0.25, 0.3) is 0 Å². The fraction of sp³-hybridized carbons (Fsp3) is 0.636. The van der Waals surface area contributed by atoms with Crippen LogP contribution in [0.2, 0.25) is 4.34 Å². The Morgan fingerprint density at radius 3 is 2.87 bits per heavy atom. The Morgan fingerprint density at radius 2 is 2.33 bits per heavy atom. The molecule has 2 N–H and O–H groups in total. The van der Waals surface area contributed by atoms with E-state index >= 15 is 0 Å². The number of thiophene rings is 1. The first-order valence-corrected chi connectivity index (χ1v) is 6.45. The molecule has 1 aromatic rings. The highest BCUT2D eigenvalue weighted by atomic mass is 35.5. The van der Waals surface area contributed by atoms with Crippen molar-refractivity contribution in [3.05, 3.63) is 21.3 Å². The van der Waals surface area contributed by atoms with Gasteiger partial charge in [0, 0.05) is 23.9 Å². The van der Waals surface area contributed by atoms with E-state index in [-0.39, 0.29) is 0 Å². The van der Waals surface area contributed by atoms with Crippen LogP contribution in [-0.2, 0) is 6.42 Å². The van der Waals surface area contributed by atoms with Gasteiger partial charge in [-0.15, -0.1) is 11.3 Å². The lowest BCUT2D eigenvalue weighted by atomic mass is 10.0. The van der Waals surface area contributed by atoms with E-state index in [1.807, 2.05) is 19.1 Å². The number of aliphatic hydroxyl groups is 1. The molecule has 15 heavy (non-hydrogen) atoms. The lowest BCUT2D eigenvalue weighted by Crippen LogP contribution is -2.40. The molecule has 1 saturated carbocycles. The van der Waals surface area contributed by atoms with Crippen LogP contribution in [0.1, 0.15) is 24.6 Å². The van der Waals surface area contributed by atoms with Gasteiger partial charge >= 0.3 is 0 Å². The second kappa shape index (κ2) is 4.42. The predicted molar refractivity (Wildman–Crippen MR) is 64.7 cm³/mol. The molecule has 4 heteroatoms. The van der Waals surface area contributed by atoms with Gasteiger partial charge in [-0.05, 0) is 31.9 Å². The van der Waals surface area contributed by atoms with Crippen LogP contribution in [0.4, 0.5) is 0 Å². The molecule has 1 unspecified atom stereocenters. The third-order valence-electron chi connectivity index (χ3n) is 2.53. The van der Waals surface area contributed by atoms with Crippen molar-refractivity contribution in [1.29, 1.82) is 0 Å².